The highest BCUT2D eigenvalue weighted by atomic mass is 79.9. The van der Waals surface area contributed by atoms with Crippen molar-refractivity contribution in [3.8, 4) is 0 Å². The summed E-state index contributed by atoms with van der Waals surface area (Å²) in [5.41, 5.74) is 1.72. The Morgan fingerprint density at radius 1 is 1.47 bits per heavy atom. The fraction of sp³-hybridized carbons (Fsp3) is 0.533. The first-order valence-corrected chi connectivity index (χ1v) is 7.59. The van der Waals surface area contributed by atoms with Crippen LogP contribution in [0.3, 0.4) is 0 Å². The molecule has 1 aromatic rings. The van der Waals surface area contributed by atoms with Gasteiger partial charge in [0.1, 0.15) is 0 Å². The Bertz CT molecular complexity index is 455. The first kappa shape index (κ1) is 14.5. The van der Waals surface area contributed by atoms with Gasteiger partial charge < -0.3 is 10.4 Å². The van der Waals surface area contributed by atoms with E-state index in [1.807, 2.05) is 19.1 Å². The van der Waals surface area contributed by atoms with E-state index in [4.69, 9.17) is 0 Å². The van der Waals surface area contributed by atoms with Crippen LogP contribution in [0.1, 0.15) is 41.6 Å². The number of hydrogen-bond acceptors (Lipinski definition) is 2. The Kier molecular flexibility index (Phi) is 4.99. The zero-order valence-corrected chi connectivity index (χ0v) is 12.7. The van der Waals surface area contributed by atoms with Crippen molar-refractivity contribution in [1.29, 1.82) is 0 Å². The molecular weight excluding hydrogens is 306 g/mol. The summed E-state index contributed by atoms with van der Waals surface area (Å²) in [5, 5.41) is 12.8. The van der Waals surface area contributed by atoms with Gasteiger partial charge in [-0.25, -0.2) is 0 Å². The highest BCUT2D eigenvalue weighted by Gasteiger charge is 2.23. The van der Waals surface area contributed by atoms with Gasteiger partial charge in [0.05, 0.1) is 11.7 Å². The first-order chi connectivity index (χ1) is 9.08. The number of amides is 1. The van der Waals surface area contributed by atoms with Crippen LogP contribution in [0.25, 0.3) is 0 Å². The van der Waals surface area contributed by atoms with Crippen molar-refractivity contribution in [3.05, 3.63) is 33.8 Å². The van der Waals surface area contributed by atoms with Gasteiger partial charge in [-0.1, -0.05) is 18.9 Å². The Balaban J connectivity index is 1.90. The maximum atomic E-state index is 12.0. The molecule has 1 aliphatic carbocycles. The molecule has 1 saturated carbocycles. The third-order valence-corrected chi connectivity index (χ3v) is 4.44. The number of hydrogen-bond donors (Lipinski definition) is 2. The van der Waals surface area contributed by atoms with E-state index in [-0.39, 0.29) is 5.91 Å². The summed E-state index contributed by atoms with van der Waals surface area (Å²) in [6.45, 7) is 2.32. The molecule has 1 aliphatic rings. The predicted molar refractivity (Wildman–Crippen MR) is 79.2 cm³/mol. The van der Waals surface area contributed by atoms with Crippen LogP contribution in [-0.4, -0.2) is 23.7 Å². The zero-order valence-electron chi connectivity index (χ0n) is 11.2. The first-order valence-electron chi connectivity index (χ1n) is 6.80. The Morgan fingerprint density at radius 2 is 2.16 bits per heavy atom. The molecule has 0 unspecified atom stereocenters. The fourth-order valence-electron chi connectivity index (χ4n) is 2.61. The normalized spacial score (nSPS) is 17.4. The fourth-order valence-corrected chi connectivity index (χ4v) is 3.28. The third kappa shape index (κ3) is 3.80. The molecule has 19 heavy (non-hydrogen) atoms. The molecule has 3 nitrogen and oxygen atoms in total. The second-order valence-electron chi connectivity index (χ2n) is 5.31. The number of aliphatic hydroxyl groups is 1. The lowest BCUT2D eigenvalue weighted by atomic mass is 10.0. The van der Waals surface area contributed by atoms with Gasteiger partial charge in [0.25, 0.3) is 5.91 Å². The lowest BCUT2D eigenvalue weighted by Gasteiger charge is -2.18. The molecule has 1 atom stereocenters. The van der Waals surface area contributed by atoms with E-state index >= 15 is 0 Å². The van der Waals surface area contributed by atoms with E-state index in [1.165, 1.54) is 12.8 Å². The largest absolute Gasteiger partial charge is 0.391 e. The summed E-state index contributed by atoms with van der Waals surface area (Å²) in [6, 6.07) is 5.63. The van der Waals surface area contributed by atoms with Crippen LogP contribution in [0.2, 0.25) is 0 Å². The number of aryl methyl sites for hydroxylation is 1. The van der Waals surface area contributed by atoms with Gasteiger partial charge in [0.15, 0.2) is 0 Å². The third-order valence-electron chi connectivity index (χ3n) is 3.78. The predicted octanol–water partition coefficient (Wildman–Crippen LogP) is 3.04. The van der Waals surface area contributed by atoms with Crippen LogP contribution < -0.4 is 5.32 Å². The van der Waals surface area contributed by atoms with Crippen molar-refractivity contribution >= 4 is 21.8 Å². The molecule has 0 aliphatic heterocycles. The lowest BCUT2D eigenvalue weighted by molar-refractivity contribution is 0.0840. The van der Waals surface area contributed by atoms with Gasteiger partial charge in [-0.2, -0.15) is 0 Å². The van der Waals surface area contributed by atoms with Crippen LogP contribution in [0.4, 0.5) is 0 Å². The summed E-state index contributed by atoms with van der Waals surface area (Å²) in [5.74, 6) is 0.214. The van der Waals surface area contributed by atoms with E-state index in [0.717, 1.165) is 22.9 Å². The number of carbonyl (C=O) groups excluding carboxylic acids is 1. The average Bonchev–Trinajstić information content (AvgIpc) is 2.89. The van der Waals surface area contributed by atoms with Gasteiger partial charge in [-0.05, 0) is 59.3 Å². The van der Waals surface area contributed by atoms with Crippen LogP contribution in [-0.2, 0) is 0 Å². The minimum Gasteiger partial charge on any atom is -0.391 e. The molecule has 0 bridgehead atoms. The summed E-state index contributed by atoms with van der Waals surface area (Å²) in [4.78, 5) is 12.0. The maximum absolute atomic E-state index is 12.0. The van der Waals surface area contributed by atoms with E-state index in [0.29, 0.717) is 18.0 Å². The number of rotatable bonds is 4. The van der Waals surface area contributed by atoms with E-state index < -0.39 is 6.10 Å². The number of halogens is 1. The Morgan fingerprint density at radius 3 is 2.79 bits per heavy atom. The minimum absolute atomic E-state index is 0.135. The monoisotopic (exact) mass is 325 g/mol. The molecule has 104 valence electrons. The molecule has 1 aromatic carbocycles. The SMILES string of the molecule is Cc1ccc(C(=O)NC[C@@H](O)C2CCCC2)c(Br)c1. The van der Waals surface area contributed by atoms with Gasteiger partial charge in [0.2, 0.25) is 0 Å². The quantitative estimate of drug-likeness (QED) is 0.893. The molecule has 0 radical (unpaired) electrons. The van der Waals surface area contributed by atoms with Crippen molar-refractivity contribution < 1.29 is 9.90 Å². The highest BCUT2D eigenvalue weighted by molar-refractivity contribution is 9.10. The van der Waals surface area contributed by atoms with Crippen LogP contribution in [0, 0.1) is 12.8 Å². The molecule has 0 saturated heterocycles. The average molecular weight is 326 g/mol. The highest BCUT2D eigenvalue weighted by Crippen LogP contribution is 2.27. The zero-order chi connectivity index (χ0) is 13.8. The second-order valence-corrected chi connectivity index (χ2v) is 6.16. The number of aliphatic hydroxyl groups excluding tert-OH is 1. The number of nitrogens with one attached hydrogen (secondary N) is 1. The molecule has 4 heteroatoms. The second kappa shape index (κ2) is 6.53. The lowest BCUT2D eigenvalue weighted by Crippen LogP contribution is -2.35. The topological polar surface area (TPSA) is 49.3 Å². The Hall–Kier alpha value is -0.870. The van der Waals surface area contributed by atoms with E-state index in [2.05, 4.69) is 21.2 Å². The maximum Gasteiger partial charge on any atom is 0.252 e. The summed E-state index contributed by atoms with van der Waals surface area (Å²) >= 11 is 3.40. The van der Waals surface area contributed by atoms with E-state index in [1.54, 1.807) is 6.07 Å². The molecule has 0 spiro atoms. The van der Waals surface area contributed by atoms with Crippen molar-refractivity contribution in [1.82, 2.24) is 5.32 Å². The molecule has 0 heterocycles. The molecule has 2 N–H and O–H groups in total. The van der Waals surface area contributed by atoms with Crippen molar-refractivity contribution in [2.45, 2.75) is 38.7 Å². The molecule has 0 aromatic heterocycles. The number of carbonyl (C=O) groups is 1. The standard InChI is InChI=1S/C15H20BrNO2/c1-10-6-7-12(13(16)8-10)15(19)17-9-14(18)11-4-2-3-5-11/h6-8,11,14,18H,2-5,9H2,1H3,(H,17,19)/t14-/m1/s1. The summed E-state index contributed by atoms with van der Waals surface area (Å²) in [7, 11) is 0. The van der Waals surface area contributed by atoms with Crippen molar-refractivity contribution in [2.75, 3.05) is 6.54 Å². The minimum atomic E-state index is -0.421. The molecular formula is C15H20BrNO2. The molecule has 1 fully saturated rings. The van der Waals surface area contributed by atoms with Crippen molar-refractivity contribution in [2.24, 2.45) is 5.92 Å². The molecule has 1 amide bonds. The van der Waals surface area contributed by atoms with Crippen LogP contribution in [0.15, 0.2) is 22.7 Å². The van der Waals surface area contributed by atoms with E-state index in [9.17, 15) is 9.90 Å². The van der Waals surface area contributed by atoms with Gasteiger partial charge in [0, 0.05) is 11.0 Å². The Labute approximate surface area is 122 Å². The number of benzene rings is 1. The molecule has 2 rings (SSSR count). The van der Waals surface area contributed by atoms with Crippen LogP contribution >= 0.6 is 15.9 Å². The van der Waals surface area contributed by atoms with Gasteiger partial charge >= 0.3 is 0 Å². The summed E-state index contributed by atoms with van der Waals surface area (Å²) < 4.78 is 0.792. The smallest absolute Gasteiger partial charge is 0.252 e. The van der Waals surface area contributed by atoms with Crippen molar-refractivity contribution in [3.63, 3.8) is 0 Å². The van der Waals surface area contributed by atoms with Crippen LogP contribution in [0.5, 0.6) is 0 Å². The summed E-state index contributed by atoms with van der Waals surface area (Å²) in [6.07, 6.45) is 4.12. The van der Waals surface area contributed by atoms with Gasteiger partial charge in [-0.3, -0.25) is 4.79 Å². The van der Waals surface area contributed by atoms with Gasteiger partial charge in [-0.15, -0.1) is 0 Å².